The van der Waals surface area contributed by atoms with E-state index in [0.29, 0.717) is 0 Å². The molecule has 2 aromatic rings. The van der Waals surface area contributed by atoms with E-state index in [2.05, 4.69) is 59.4 Å². The molecule has 0 spiro atoms. The molecule has 1 heterocycles. The van der Waals surface area contributed by atoms with Gasteiger partial charge in [0, 0.05) is 43.4 Å². The maximum absolute atomic E-state index is 4.13. The zero-order valence-electron chi connectivity index (χ0n) is 13.0. The Labute approximate surface area is 128 Å². The molecule has 112 valence electrons. The number of anilines is 2. The van der Waals surface area contributed by atoms with Gasteiger partial charge in [0.05, 0.1) is 0 Å². The highest BCUT2D eigenvalue weighted by Crippen LogP contribution is 2.19. The highest BCUT2D eigenvalue weighted by atomic mass is 15.1. The van der Waals surface area contributed by atoms with Crippen molar-refractivity contribution in [1.29, 1.82) is 0 Å². The van der Waals surface area contributed by atoms with Crippen molar-refractivity contribution in [1.82, 2.24) is 4.98 Å². The minimum Gasteiger partial charge on any atom is -0.381 e. The van der Waals surface area contributed by atoms with E-state index in [1.54, 1.807) is 6.20 Å². The molecule has 2 rings (SSSR count). The first kappa shape index (κ1) is 15.4. The minimum atomic E-state index is 0.806. The summed E-state index contributed by atoms with van der Waals surface area (Å²) >= 11 is 0. The summed E-state index contributed by atoms with van der Waals surface area (Å²) in [4.78, 5) is 6.58. The molecule has 0 aliphatic rings. The second-order valence-electron chi connectivity index (χ2n) is 5.25. The fourth-order valence-corrected chi connectivity index (χ4v) is 2.41. The van der Waals surface area contributed by atoms with Crippen molar-refractivity contribution in [2.24, 2.45) is 0 Å². The molecule has 0 aliphatic carbocycles. The lowest BCUT2D eigenvalue weighted by atomic mass is 10.2. The Morgan fingerprint density at radius 2 is 1.71 bits per heavy atom. The smallest absolute Gasteiger partial charge is 0.0416 e. The summed E-state index contributed by atoms with van der Waals surface area (Å²) < 4.78 is 0. The van der Waals surface area contributed by atoms with Crippen LogP contribution in [0.15, 0.2) is 48.8 Å². The number of nitrogens with one attached hydrogen (secondary N) is 1. The van der Waals surface area contributed by atoms with Gasteiger partial charge >= 0.3 is 0 Å². The van der Waals surface area contributed by atoms with Crippen LogP contribution in [-0.2, 0) is 6.54 Å². The lowest BCUT2D eigenvalue weighted by molar-refractivity contribution is 0.745. The molecule has 3 heteroatoms. The average Bonchev–Trinajstić information content (AvgIpc) is 2.54. The largest absolute Gasteiger partial charge is 0.381 e. The highest BCUT2D eigenvalue weighted by molar-refractivity contribution is 5.55. The van der Waals surface area contributed by atoms with E-state index in [0.717, 1.165) is 25.3 Å². The molecule has 1 N–H and O–H groups in total. The molecule has 0 radical (unpaired) electrons. The van der Waals surface area contributed by atoms with Gasteiger partial charge in [-0.3, -0.25) is 4.98 Å². The molecule has 3 nitrogen and oxygen atoms in total. The molecule has 0 saturated heterocycles. The molecule has 21 heavy (non-hydrogen) atoms. The van der Waals surface area contributed by atoms with Crippen LogP contribution in [0.4, 0.5) is 11.4 Å². The van der Waals surface area contributed by atoms with Crippen molar-refractivity contribution in [3.8, 4) is 0 Å². The Kier molecular flexibility index (Phi) is 6.07. The molecular formula is C18H25N3. The molecule has 0 unspecified atom stereocenters. The molecule has 0 bridgehead atoms. The standard InChI is InChI=1S/C18H25N3/c1-3-12-21(13-4-2)18-9-7-17(8-10-18)20-15-16-6-5-11-19-14-16/h5-11,14,20H,3-4,12-13,15H2,1-2H3. The lowest BCUT2D eigenvalue weighted by Crippen LogP contribution is -2.24. The third-order valence-electron chi connectivity index (χ3n) is 3.44. The minimum absolute atomic E-state index is 0.806. The van der Waals surface area contributed by atoms with E-state index in [1.807, 2.05) is 12.3 Å². The van der Waals surface area contributed by atoms with E-state index < -0.39 is 0 Å². The highest BCUT2D eigenvalue weighted by Gasteiger charge is 2.04. The van der Waals surface area contributed by atoms with Crippen molar-refractivity contribution < 1.29 is 0 Å². The zero-order valence-corrected chi connectivity index (χ0v) is 13.0. The number of aromatic nitrogens is 1. The maximum Gasteiger partial charge on any atom is 0.0416 e. The summed E-state index contributed by atoms with van der Waals surface area (Å²) in [7, 11) is 0. The van der Waals surface area contributed by atoms with Crippen LogP contribution < -0.4 is 10.2 Å². The van der Waals surface area contributed by atoms with Crippen LogP contribution in [0.3, 0.4) is 0 Å². The van der Waals surface area contributed by atoms with Crippen LogP contribution in [0.2, 0.25) is 0 Å². The van der Waals surface area contributed by atoms with E-state index in [1.165, 1.54) is 24.1 Å². The van der Waals surface area contributed by atoms with Gasteiger partial charge in [-0.2, -0.15) is 0 Å². The van der Waals surface area contributed by atoms with Crippen molar-refractivity contribution >= 4 is 11.4 Å². The summed E-state index contributed by atoms with van der Waals surface area (Å²) in [5.74, 6) is 0. The molecule has 0 atom stereocenters. The van der Waals surface area contributed by atoms with Gasteiger partial charge in [0.2, 0.25) is 0 Å². The number of pyridine rings is 1. The molecule has 0 saturated carbocycles. The topological polar surface area (TPSA) is 28.2 Å². The van der Waals surface area contributed by atoms with Gasteiger partial charge in [0.25, 0.3) is 0 Å². The Bertz CT molecular complexity index is 502. The summed E-state index contributed by atoms with van der Waals surface area (Å²) in [5.41, 5.74) is 3.65. The van der Waals surface area contributed by atoms with E-state index in [4.69, 9.17) is 0 Å². The Hall–Kier alpha value is -2.03. The third-order valence-corrected chi connectivity index (χ3v) is 3.44. The van der Waals surface area contributed by atoms with Gasteiger partial charge in [-0.1, -0.05) is 19.9 Å². The molecule has 0 fully saturated rings. The van der Waals surface area contributed by atoms with Crippen LogP contribution in [0.25, 0.3) is 0 Å². The first-order valence-electron chi connectivity index (χ1n) is 7.81. The fraction of sp³-hybridized carbons (Fsp3) is 0.389. The Morgan fingerprint density at radius 1 is 1.00 bits per heavy atom. The van der Waals surface area contributed by atoms with Gasteiger partial charge in [0.1, 0.15) is 0 Å². The Morgan fingerprint density at radius 3 is 2.29 bits per heavy atom. The van der Waals surface area contributed by atoms with Crippen LogP contribution in [0, 0.1) is 0 Å². The molecule has 1 aromatic carbocycles. The van der Waals surface area contributed by atoms with Crippen LogP contribution >= 0.6 is 0 Å². The predicted octanol–water partition coefficient (Wildman–Crippen LogP) is 4.32. The molecule has 1 aromatic heterocycles. The quantitative estimate of drug-likeness (QED) is 0.782. The first-order chi connectivity index (χ1) is 10.3. The van der Waals surface area contributed by atoms with Crippen molar-refractivity contribution in [3.63, 3.8) is 0 Å². The van der Waals surface area contributed by atoms with E-state index in [-0.39, 0.29) is 0 Å². The number of rotatable bonds is 8. The van der Waals surface area contributed by atoms with Gasteiger partial charge in [-0.25, -0.2) is 0 Å². The van der Waals surface area contributed by atoms with Gasteiger partial charge in [-0.05, 0) is 48.7 Å². The average molecular weight is 283 g/mol. The monoisotopic (exact) mass is 283 g/mol. The second-order valence-corrected chi connectivity index (χ2v) is 5.25. The summed E-state index contributed by atoms with van der Waals surface area (Å²) in [6.45, 7) is 7.51. The van der Waals surface area contributed by atoms with E-state index in [9.17, 15) is 0 Å². The summed E-state index contributed by atoms with van der Waals surface area (Å²) in [5, 5.41) is 3.43. The Balaban J connectivity index is 1.94. The number of hydrogen-bond donors (Lipinski definition) is 1. The van der Waals surface area contributed by atoms with E-state index >= 15 is 0 Å². The van der Waals surface area contributed by atoms with Crippen molar-refractivity contribution in [3.05, 3.63) is 54.4 Å². The summed E-state index contributed by atoms with van der Waals surface area (Å²) in [6, 6.07) is 12.8. The fourth-order valence-electron chi connectivity index (χ4n) is 2.41. The normalized spacial score (nSPS) is 10.4. The second kappa shape index (κ2) is 8.30. The van der Waals surface area contributed by atoms with Crippen LogP contribution in [-0.4, -0.2) is 18.1 Å². The molecule has 0 amide bonds. The molecular weight excluding hydrogens is 258 g/mol. The molecule has 0 aliphatic heterocycles. The number of hydrogen-bond acceptors (Lipinski definition) is 3. The predicted molar refractivity (Wildman–Crippen MR) is 90.8 cm³/mol. The van der Waals surface area contributed by atoms with Crippen molar-refractivity contribution in [2.75, 3.05) is 23.3 Å². The number of benzene rings is 1. The summed E-state index contributed by atoms with van der Waals surface area (Å²) in [6.07, 6.45) is 6.06. The van der Waals surface area contributed by atoms with Gasteiger partial charge in [-0.15, -0.1) is 0 Å². The zero-order chi connectivity index (χ0) is 14.9. The lowest BCUT2D eigenvalue weighted by Gasteiger charge is -2.24. The SMILES string of the molecule is CCCN(CCC)c1ccc(NCc2cccnc2)cc1. The van der Waals surface area contributed by atoms with Crippen molar-refractivity contribution in [2.45, 2.75) is 33.2 Å². The van der Waals surface area contributed by atoms with Crippen LogP contribution in [0.5, 0.6) is 0 Å². The number of nitrogens with zero attached hydrogens (tertiary/aromatic N) is 2. The third kappa shape index (κ3) is 4.78. The van der Waals surface area contributed by atoms with Crippen LogP contribution in [0.1, 0.15) is 32.3 Å². The van der Waals surface area contributed by atoms with Gasteiger partial charge in [0.15, 0.2) is 0 Å². The van der Waals surface area contributed by atoms with Gasteiger partial charge < -0.3 is 10.2 Å². The maximum atomic E-state index is 4.13. The first-order valence-corrected chi connectivity index (χ1v) is 7.81.